The number of aryl methyl sites for hydroxylation is 1. The van der Waals surface area contributed by atoms with Crippen molar-refractivity contribution in [3.05, 3.63) is 29.3 Å². The van der Waals surface area contributed by atoms with Crippen molar-refractivity contribution in [2.75, 3.05) is 7.11 Å². The molecule has 0 saturated heterocycles. The van der Waals surface area contributed by atoms with E-state index in [1.807, 2.05) is 25.1 Å². The molecule has 26 heavy (non-hydrogen) atoms. The van der Waals surface area contributed by atoms with E-state index in [2.05, 4.69) is 15.8 Å². The predicted octanol–water partition coefficient (Wildman–Crippen LogP) is 3.07. The Morgan fingerprint density at radius 3 is 2.65 bits per heavy atom. The van der Waals surface area contributed by atoms with E-state index < -0.39 is 0 Å². The molecule has 1 aliphatic rings. The maximum Gasteiger partial charge on any atom is 0.240 e. The molecule has 2 rings (SSSR count). The molecule has 0 spiro atoms. The van der Waals surface area contributed by atoms with Crippen LogP contribution in [0, 0.1) is 6.92 Å². The van der Waals surface area contributed by atoms with Gasteiger partial charge < -0.3 is 10.1 Å². The van der Waals surface area contributed by atoms with E-state index in [0.29, 0.717) is 18.9 Å². The Balaban J connectivity index is 1.64. The maximum absolute atomic E-state index is 11.9. The smallest absolute Gasteiger partial charge is 0.240 e. The number of methoxy groups -OCH3 is 1. The predicted molar refractivity (Wildman–Crippen MR) is 102 cm³/mol. The molecule has 142 valence electrons. The highest BCUT2D eigenvalue weighted by atomic mass is 16.5. The van der Waals surface area contributed by atoms with Gasteiger partial charge in [0, 0.05) is 18.9 Å². The van der Waals surface area contributed by atoms with E-state index in [-0.39, 0.29) is 18.2 Å². The standard InChI is InChI=1S/C20H29N3O3/c1-15-11-12-16(13-18(15)26-2)14-21-23-20(25)10-6-9-19(24)22-17-7-4-3-5-8-17/h11-14,17H,3-10H2,1-2H3,(H,22,24)(H,23,25). The van der Waals surface area contributed by atoms with Gasteiger partial charge in [0.05, 0.1) is 13.3 Å². The molecule has 0 heterocycles. The number of rotatable bonds is 8. The van der Waals surface area contributed by atoms with E-state index in [4.69, 9.17) is 4.74 Å². The number of amides is 2. The molecule has 1 aliphatic carbocycles. The van der Waals surface area contributed by atoms with Crippen LogP contribution in [-0.2, 0) is 9.59 Å². The molecular weight excluding hydrogens is 330 g/mol. The van der Waals surface area contributed by atoms with Gasteiger partial charge >= 0.3 is 0 Å². The molecule has 0 unspecified atom stereocenters. The van der Waals surface area contributed by atoms with Crippen LogP contribution < -0.4 is 15.5 Å². The van der Waals surface area contributed by atoms with Gasteiger partial charge in [0.15, 0.2) is 0 Å². The zero-order chi connectivity index (χ0) is 18.8. The summed E-state index contributed by atoms with van der Waals surface area (Å²) in [5, 5.41) is 7.02. The van der Waals surface area contributed by atoms with Gasteiger partial charge in [-0.1, -0.05) is 31.4 Å². The summed E-state index contributed by atoms with van der Waals surface area (Å²) >= 11 is 0. The zero-order valence-corrected chi connectivity index (χ0v) is 15.7. The first-order valence-electron chi connectivity index (χ1n) is 9.34. The van der Waals surface area contributed by atoms with Crippen molar-refractivity contribution >= 4 is 18.0 Å². The number of hydrogen-bond donors (Lipinski definition) is 2. The molecule has 1 aromatic carbocycles. The van der Waals surface area contributed by atoms with Gasteiger partial charge in [-0.3, -0.25) is 9.59 Å². The van der Waals surface area contributed by atoms with Crippen LogP contribution in [0.5, 0.6) is 5.75 Å². The molecular formula is C20H29N3O3. The number of ether oxygens (including phenoxy) is 1. The third kappa shape index (κ3) is 6.86. The highest BCUT2D eigenvalue weighted by Gasteiger charge is 2.15. The van der Waals surface area contributed by atoms with Gasteiger partial charge in [0.1, 0.15) is 5.75 Å². The topological polar surface area (TPSA) is 79.8 Å². The largest absolute Gasteiger partial charge is 0.496 e. The number of nitrogens with one attached hydrogen (secondary N) is 2. The highest BCUT2D eigenvalue weighted by Crippen LogP contribution is 2.18. The van der Waals surface area contributed by atoms with Gasteiger partial charge in [-0.25, -0.2) is 5.43 Å². The molecule has 0 bridgehead atoms. The van der Waals surface area contributed by atoms with Crippen molar-refractivity contribution in [1.82, 2.24) is 10.7 Å². The van der Waals surface area contributed by atoms with Crippen LogP contribution >= 0.6 is 0 Å². The molecule has 6 heteroatoms. The second kappa shape index (κ2) is 10.6. The van der Waals surface area contributed by atoms with Gasteiger partial charge in [0.25, 0.3) is 0 Å². The summed E-state index contributed by atoms with van der Waals surface area (Å²) in [5.41, 5.74) is 4.39. The fraction of sp³-hybridized carbons (Fsp3) is 0.550. The van der Waals surface area contributed by atoms with Gasteiger partial charge in [0.2, 0.25) is 11.8 Å². The number of nitrogens with zero attached hydrogens (tertiary/aromatic N) is 1. The molecule has 2 N–H and O–H groups in total. The van der Waals surface area contributed by atoms with Crippen LogP contribution in [0.4, 0.5) is 0 Å². The second-order valence-corrected chi connectivity index (χ2v) is 6.78. The Morgan fingerprint density at radius 1 is 1.19 bits per heavy atom. The monoisotopic (exact) mass is 359 g/mol. The lowest BCUT2D eigenvalue weighted by atomic mass is 9.95. The summed E-state index contributed by atoms with van der Waals surface area (Å²) in [6.45, 7) is 1.96. The highest BCUT2D eigenvalue weighted by molar-refractivity contribution is 5.83. The second-order valence-electron chi connectivity index (χ2n) is 6.78. The van der Waals surface area contributed by atoms with Crippen LogP contribution in [-0.4, -0.2) is 31.2 Å². The fourth-order valence-electron chi connectivity index (χ4n) is 3.11. The SMILES string of the molecule is COc1cc(C=NNC(=O)CCCC(=O)NC2CCCCC2)ccc1C. The van der Waals surface area contributed by atoms with Crippen LogP contribution in [0.3, 0.4) is 0 Å². The van der Waals surface area contributed by atoms with E-state index in [0.717, 1.165) is 29.7 Å². The average molecular weight is 359 g/mol. The summed E-state index contributed by atoms with van der Waals surface area (Å²) < 4.78 is 5.26. The number of carbonyl (C=O) groups excluding carboxylic acids is 2. The number of carbonyl (C=O) groups is 2. The zero-order valence-electron chi connectivity index (χ0n) is 15.7. The Hall–Kier alpha value is -2.37. The molecule has 0 aromatic heterocycles. The number of benzene rings is 1. The van der Waals surface area contributed by atoms with Crippen molar-refractivity contribution in [3.63, 3.8) is 0 Å². The molecule has 1 saturated carbocycles. The van der Waals surface area contributed by atoms with Crippen molar-refractivity contribution in [3.8, 4) is 5.75 Å². The van der Waals surface area contributed by atoms with E-state index >= 15 is 0 Å². The number of hydrazone groups is 1. The lowest BCUT2D eigenvalue weighted by molar-refractivity contribution is -0.123. The molecule has 1 fully saturated rings. The Bertz CT molecular complexity index is 637. The third-order valence-corrected chi connectivity index (χ3v) is 4.61. The average Bonchev–Trinajstić information content (AvgIpc) is 2.64. The summed E-state index contributed by atoms with van der Waals surface area (Å²) in [7, 11) is 1.62. The molecule has 0 aliphatic heterocycles. The lowest BCUT2D eigenvalue weighted by Crippen LogP contribution is -2.36. The van der Waals surface area contributed by atoms with Crippen molar-refractivity contribution in [1.29, 1.82) is 0 Å². The third-order valence-electron chi connectivity index (χ3n) is 4.61. The first-order valence-corrected chi connectivity index (χ1v) is 9.34. The van der Waals surface area contributed by atoms with Crippen molar-refractivity contribution in [2.24, 2.45) is 5.10 Å². The number of hydrogen-bond acceptors (Lipinski definition) is 4. The molecule has 1 aromatic rings. The minimum absolute atomic E-state index is 0.0416. The van der Waals surface area contributed by atoms with Crippen LogP contribution in [0.1, 0.15) is 62.5 Å². The summed E-state index contributed by atoms with van der Waals surface area (Å²) in [4.78, 5) is 23.7. The van der Waals surface area contributed by atoms with Gasteiger partial charge in [-0.15, -0.1) is 0 Å². The van der Waals surface area contributed by atoms with Crippen LogP contribution in [0.25, 0.3) is 0 Å². The van der Waals surface area contributed by atoms with E-state index in [1.165, 1.54) is 19.3 Å². The molecule has 6 nitrogen and oxygen atoms in total. The van der Waals surface area contributed by atoms with E-state index in [9.17, 15) is 9.59 Å². The summed E-state index contributed by atoms with van der Waals surface area (Å²) in [6, 6.07) is 6.03. The van der Waals surface area contributed by atoms with E-state index in [1.54, 1.807) is 13.3 Å². The Kier molecular flexibility index (Phi) is 8.12. The van der Waals surface area contributed by atoms with Crippen LogP contribution in [0.15, 0.2) is 23.3 Å². The molecule has 0 atom stereocenters. The van der Waals surface area contributed by atoms with Gasteiger partial charge in [-0.05, 0) is 43.4 Å². The minimum Gasteiger partial charge on any atom is -0.496 e. The van der Waals surface area contributed by atoms with Crippen molar-refractivity contribution in [2.45, 2.75) is 64.3 Å². The molecule has 0 radical (unpaired) electrons. The minimum atomic E-state index is -0.189. The lowest BCUT2D eigenvalue weighted by Gasteiger charge is -2.22. The Labute approximate surface area is 155 Å². The summed E-state index contributed by atoms with van der Waals surface area (Å²) in [6.07, 6.45) is 8.57. The quantitative estimate of drug-likeness (QED) is 0.553. The van der Waals surface area contributed by atoms with Crippen LogP contribution in [0.2, 0.25) is 0 Å². The maximum atomic E-state index is 11.9. The van der Waals surface area contributed by atoms with Crippen molar-refractivity contribution < 1.29 is 14.3 Å². The molecule has 2 amide bonds. The van der Waals surface area contributed by atoms with Gasteiger partial charge in [-0.2, -0.15) is 5.10 Å². The summed E-state index contributed by atoms with van der Waals surface area (Å²) in [5.74, 6) is 0.634. The fourth-order valence-corrected chi connectivity index (χ4v) is 3.11. The first kappa shape index (κ1) is 19.9. The first-order chi connectivity index (χ1) is 12.6. The Morgan fingerprint density at radius 2 is 1.92 bits per heavy atom. The normalized spacial score (nSPS) is 15.0.